The molecule has 28 heavy (non-hydrogen) atoms. The minimum Gasteiger partial charge on any atom is -0.386 e. The molecule has 0 unspecified atom stereocenters. The Kier molecular flexibility index (Phi) is 4.74. The van der Waals surface area contributed by atoms with E-state index in [-0.39, 0.29) is 0 Å². The van der Waals surface area contributed by atoms with Crippen molar-refractivity contribution in [2.24, 2.45) is 0 Å². The number of rotatable bonds is 6. The lowest BCUT2D eigenvalue weighted by atomic mass is 9.96. The topological polar surface area (TPSA) is 63.4 Å². The molecule has 5 rings (SSSR count). The number of nitrogens with zero attached hydrogens (tertiary/aromatic N) is 4. The van der Waals surface area contributed by atoms with Crippen molar-refractivity contribution >= 4 is 16.7 Å². The average molecular weight is 378 g/mol. The lowest BCUT2D eigenvalue weighted by Gasteiger charge is -2.26. The molecule has 2 fully saturated rings. The minimum absolute atomic E-state index is 0.317. The lowest BCUT2D eigenvalue weighted by Crippen LogP contribution is -2.24. The number of fused-ring (bicyclic) bond motifs is 1. The van der Waals surface area contributed by atoms with Gasteiger partial charge in [0, 0.05) is 35.9 Å². The molecule has 1 atom stereocenters. The summed E-state index contributed by atoms with van der Waals surface area (Å²) in [5.74, 6) is 0. The molecule has 2 aliphatic rings. The number of aliphatic hydroxyl groups excluding tert-OH is 1. The number of pyridine rings is 1. The molecular weight excluding hydrogens is 352 g/mol. The molecule has 6 heteroatoms. The monoisotopic (exact) mass is 378 g/mol. The molecule has 146 valence electrons. The van der Waals surface area contributed by atoms with E-state index < -0.39 is 6.10 Å². The number of benzene rings is 1. The highest BCUT2D eigenvalue weighted by atomic mass is 16.5. The van der Waals surface area contributed by atoms with Gasteiger partial charge in [-0.3, -0.25) is 0 Å². The fourth-order valence-electron chi connectivity index (χ4n) is 3.95. The molecule has 1 aromatic carbocycles. The number of hydrogen-bond donors (Lipinski definition) is 1. The molecule has 1 aliphatic carbocycles. The van der Waals surface area contributed by atoms with E-state index >= 15 is 0 Å². The summed E-state index contributed by atoms with van der Waals surface area (Å²) in [7, 11) is 0. The van der Waals surface area contributed by atoms with Crippen molar-refractivity contribution in [3.63, 3.8) is 0 Å². The van der Waals surface area contributed by atoms with E-state index in [1.165, 1.54) is 24.9 Å². The van der Waals surface area contributed by atoms with Crippen LogP contribution in [0.3, 0.4) is 0 Å². The zero-order chi connectivity index (χ0) is 18.9. The molecule has 2 aromatic heterocycles. The largest absolute Gasteiger partial charge is 0.386 e. The van der Waals surface area contributed by atoms with Crippen molar-refractivity contribution in [3.05, 3.63) is 48.3 Å². The van der Waals surface area contributed by atoms with Crippen LogP contribution in [0.5, 0.6) is 0 Å². The summed E-state index contributed by atoms with van der Waals surface area (Å²) in [6.45, 7) is 2.60. The van der Waals surface area contributed by atoms with E-state index in [0.29, 0.717) is 12.7 Å². The fourth-order valence-corrected chi connectivity index (χ4v) is 3.95. The summed E-state index contributed by atoms with van der Waals surface area (Å²) in [4.78, 5) is 6.99. The van der Waals surface area contributed by atoms with Crippen LogP contribution in [0.1, 0.15) is 43.8 Å². The van der Waals surface area contributed by atoms with Crippen LogP contribution in [-0.4, -0.2) is 45.7 Å². The maximum absolute atomic E-state index is 10.4. The third kappa shape index (κ3) is 3.38. The van der Waals surface area contributed by atoms with Gasteiger partial charge < -0.3 is 14.7 Å². The molecule has 0 spiro atoms. The minimum atomic E-state index is -0.652. The number of aliphatic hydroxyl groups is 1. The maximum Gasteiger partial charge on any atom is 0.162 e. The normalized spacial score (nSPS) is 18.5. The Balaban J connectivity index is 1.34. The molecule has 6 nitrogen and oxygen atoms in total. The second kappa shape index (κ2) is 7.53. The summed E-state index contributed by atoms with van der Waals surface area (Å²) in [5.41, 5.74) is 3.83. The van der Waals surface area contributed by atoms with Gasteiger partial charge in [0.05, 0.1) is 24.6 Å². The average Bonchev–Trinajstić information content (AvgIpc) is 3.36. The predicted molar refractivity (Wildman–Crippen MR) is 109 cm³/mol. The molecule has 1 saturated carbocycles. The van der Waals surface area contributed by atoms with Gasteiger partial charge in [-0.25, -0.2) is 9.67 Å². The SMILES string of the molecule is O[C@H](COC1CCC1)c1cnc2c(cnn2-c2ccc(N3CCCC3)cc2)c1. The molecule has 0 radical (unpaired) electrons. The Hall–Kier alpha value is -2.44. The van der Waals surface area contributed by atoms with E-state index in [1.807, 2.05) is 10.7 Å². The first kappa shape index (κ1) is 17.6. The second-order valence-electron chi connectivity index (χ2n) is 7.85. The molecular formula is C22H26N4O2. The second-order valence-corrected chi connectivity index (χ2v) is 7.85. The van der Waals surface area contributed by atoms with Crippen molar-refractivity contribution in [2.45, 2.75) is 44.3 Å². The van der Waals surface area contributed by atoms with Gasteiger partial charge in [0.15, 0.2) is 5.65 Å². The zero-order valence-electron chi connectivity index (χ0n) is 16.0. The third-order valence-electron chi connectivity index (χ3n) is 5.92. The van der Waals surface area contributed by atoms with Crippen molar-refractivity contribution in [2.75, 3.05) is 24.6 Å². The van der Waals surface area contributed by atoms with Gasteiger partial charge in [0.1, 0.15) is 6.10 Å². The number of ether oxygens (including phenoxy) is 1. The molecule has 3 aromatic rings. The molecule has 1 aliphatic heterocycles. The van der Waals surface area contributed by atoms with Gasteiger partial charge in [0.2, 0.25) is 0 Å². The van der Waals surface area contributed by atoms with Gasteiger partial charge in [-0.1, -0.05) is 0 Å². The molecule has 1 saturated heterocycles. The molecule has 0 amide bonds. The van der Waals surface area contributed by atoms with Crippen LogP contribution in [0.2, 0.25) is 0 Å². The van der Waals surface area contributed by atoms with Crippen LogP contribution in [0, 0.1) is 0 Å². The van der Waals surface area contributed by atoms with E-state index in [0.717, 1.165) is 48.2 Å². The highest BCUT2D eigenvalue weighted by Crippen LogP contribution is 2.26. The highest BCUT2D eigenvalue weighted by molar-refractivity contribution is 5.77. The van der Waals surface area contributed by atoms with Crippen LogP contribution in [0.4, 0.5) is 5.69 Å². The van der Waals surface area contributed by atoms with Crippen molar-refractivity contribution in [3.8, 4) is 5.69 Å². The first-order valence-electron chi connectivity index (χ1n) is 10.3. The van der Waals surface area contributed by atoms with Crippen LogP contribution < -0.4 is 4.90 Å². The molecule has 0 bridgehead atoms. The number of aromatic nitrogens is 3. The third-order valence-corrected chi connectivity index (χ3v) is 5.92. The lowest BCUT2D eigenvalue weighted by molar-refractivity contribution is -0.0427. The first-order valence-corrected chi connectivity index (χ1v) is 10.3. The Morgan fingerprint density at radius 1 is 1.04 bits per heavy atom. The van der Waals surface area contributed by atoms with E-state index in [1.54, 1.807) is 12.4 Å². The quantitative estimate of drug-likeness (QED) is 0.710. The summed E-state index contributed by atoms with van der Waals surface area (Å²) in [6, 6.07) is 10.5. The Morgan fingerprint density at radius 2 is 1.79 bits per heavy atom. The van der Waals surface area contributed by atoms with Crippen molar-refractivity contribution in [1.29, 1.82) is 0 Å². The Morgan fingerprint density at radius 3 is 2.50 bits per heavy atom. The van der Waals surface area contributed by atoms with E-state index in [2.05, 4.69) is 39.2 Å². The Bertz CT molecular complexity index is 943. The van der Waals surface area contributed by atoms with Gasteiger partial charge in [-0.2, -0.15) is 5.10 Å². The standard InChI is InChI=1S/C22H26N4O2/c27-21(15-28-20-4-3-5-20)16-12-17-14-24-26(22(17)23-13-16)19-8-6-18(7-9-19)25-10-1-2-11-25/h6-9,12-14,20-21,27H,1-5,10-11,15H2/t21-/m1/s1. The summed E-state index contributed by atoms with van der Waals surface area (Å²) < 4.78 is 7.58. The number of anilines is 1. The highest BCUT2D eigenvalue weighted by Gasteiger charge is 2.20. The Labute approximate surface area is 164 Å². The summed E-state index contributed by atoms with van der Waals surface area (Å²) >= 11 is 0. The predicted octanol–water partition coefficient (Wildman–Crippen LogP) is 3.62. The van der Waals surface area contributed by atoms with E-state index in [4.69, 9.17) is 4.74 Å². The maximum atomic E-state index is 10.4. The van der Waals surface area contributed by atoms with E-state index in [9.17, 15) is 5.11 Å². The van der Waals surface area contributed by atoms with Gasteiger partial charge in [-0.05, 0) is 62.4 Å². The van der Waals surface area contributed by atoms with Crippen LogP contribution in [0.15, 0.2) is 42.7 Å². The molecule has 1 N–H and O–H groups in total. The first-order chi connectivity index (χ1) is 13.8. The summed E-state index contributed by atoms with van der Waals surface area (Å²) in [5, 5.41) is 15.8. The summed E-state index contributed by atoms with van der Waals surface area (Å²) in [6.07, 6.45) is 9.18. The van der Waals surface area contributed by atoms with Gasteiger partial charge in [0.25, 0.3) is 0 Å². The molecule has 3 heterocycles. The zero-order valence-corrected chi connectivity index (χ0v) is 16.0. The van der Waals surface area contributed by atoms with Crippen molar-refractivity contribution in [1.82, 2.24) is 14.8 Å². The van der Waals surface area contributed by atoms with Crippen molar-refractivity contribution < 1.29 is 9.84 Å². The fraction of sp³-hybridized carbons (Fsp3) is 0.455. The van der Waals surface area contributed by atoms with Crippen LogP contribution >= 0.6 is 0 Å². The smallest absolute Gasteiger partial charge is 0.162 e. The van der Waals surface area contributed by atoms with Gasteiger partial charge >= 0.3 is 0 Å². The van der Waals surface area contributed by atoms with Crippen LogP contribution in [-0.2, 0) is 4.74 Å². The number of hydrogen-bond acceptors (Lipinski definition) is 5. The van der Waals surface area contributed by atoms with Gasteiger partial charge in [-0.15, -0.1) is 0 Å². The van der Waals surface area contributed by atoms with Crippen LogP contribution in [0.25, 0.3) is 16.7 Å².